The summed E-state index contributed by atoms with van der Waals surface area (Å²) < 4.78 is 7.27. The number of carbonyl (C=O) groups is 1. The maximum absolute atomic E-state index is 12.1. The standard InChI is InChI=1S/C17H25N5O2.ClH/c1-3-13(11-21-7-5-6-8-21)22-12-18-10-15(22)14-9-19-20-16(14)17(23)24-4-2;/h9-10,12-13H,3-8,11H2,1-2H3,(H,19,20);1H. The Bertz CT molecular complexity index is 678. The van der Waals surface area contributed by atoms with Crippen LogP contribution in [0.25, 0.3) is 11.3 Å². The maximum atomic E-state index is 12.1. The van der Waals surface area contributed by atoms with E-state index in [9.17, 15) is 4.79 Å². The Balaban J connectivity index is 0.00000225. The number of nitrogens with zero attached hydrogens (tertiary/aromatic N) is 4. The number of likely N-dealkylation sites (tertiary alicyclic amines) is 1. The normalized spacial score (nSPS) is 15.8. The van der Waals surface area contributed by atoms with Gasteiger partial charge in [-0.25, -0.2) is 9.78 Å². The predicted molar refractivity (Wildman–Crippen MR) is 98.0 cm³/mol. The Kier molecular flexibility index (Phi) is 7.01. The number of hydrogen-bond acceptors (Lipinski definition) is 5. The van der Waals surface area contributed by atoms with E-state index in [1.807, 2.05) is 6.33 Å². The highest BCUT2D eigenvalue weighted by Gasteiger charge is 2.23. The van der Waals surface area contributed by atoms with Crippen LogP contribution in [0.2, 0.25) is 0 Å². The van der Waals surface area contributed by atoms with Crippen LogP contribution >= 0.6 is 12.4 Å². The van der Waals surface area contributed by atoms with E-state index in [2.05, 4.69) is 31.6 Å². The molecule has 0 aromatic carbocycles. The SMILES string of the molecule is CCOC(=O)c1[nH]ncc1-c1cncn1C(CC)CN1CCCC1.Cl. The molecule has 3 rings (SSSR count). The van der Waals surface area contributed by atoms with Gasteiger partial charge in [-0.05, 0) is 39.3 Å². The molecule has 0 spiro atoms. The lowest BCUT2D eigenvalue weighted by Crippen LogP contribution is -2.28. The molecule has 0 amide bonds. The lowest BCUT2D eigenvalue weighted by Gasteiger charge is -2.25. The van der Waals surface area contributed by atoms with Gasteiger partial charge in [0.2, 0.25) is 0 Å². The minimum absolute atomic E-state index is 0. The fourth-order valence-electron chi connectivity index (χ4n) is 3.32. The van der Waals surface area contributed by atoms with Crippen molar-refractivity contribution >= 4 is 18.4 Å². The summed E-state index contributed by atoms with van der Waals surface area (Å²) in [5.41, 5.74) is 2.03. The summed E-state index contributed by atoms with van der Waals surface area (Å²) in [6.07, 6.45) is 8.88. The summed E-state index contributed by atoms with van der Waals surface area (Å²) in [6, 6.07) is 0.325. The van der Waals surface area contributed by atoms with E-state index in [4.69, 9.17) is 4.74 Å². The average Bonchev–Trinajstić information content (AvgIpc) is 3.31. The number of hydrogen-bond donors (Lipinski definition) is 1. The first-order valence-electron chi connectivity index (χ1n) is 8.69. The number of ether oxygens (including phenoxy) is 1. The number of carbonyl (C=O) groups excluding carboxylic acids is 1. The van der Waals surface area contributed by atoms with E-state index in [-0.39, 0.29) is 18.4 Å². The van der Waals surface area contributed by atoms with Crippen LogP contribution in [0, 0.1) is 0 Å². The molecule has 1 atom stereocenters. The molecular formula is C17H26ClN5O2. The van der Waals surface area contributed by atoms with E-state index >= 15 is 0 Å². The van der Waals surface area contributed by atoms with E-state index in [0.717, 1.165) is 24.2 Å². The van der Waals surface area contributed by atoms with Gasteiger partial charge in [-0.1, -0.05) is 6.92 Å². The van der Waals surface area contributed by atoms with Crippen LogP contribution in [0.5, 0.6) is 0 Å². The maximum Gasteiger partial charge on any atom is 0.357 e. The fourth-order valence-corrected chi connectivity index (χ4v) is 3.32. The summed E-state index contributed by atoms with van der Waals surface area (Å²) >= 11 is 0. The highest BCUT2D eigenvalue weighted by atomic mass is 35.5. The van der Waals surface area contributed by atoms with Gasteiger partial charge in [-0.2, -0.15) is 5.10 Å². The zero-order valence-electron chi connectivity index (χ0n) is 14.8. The third-order valence-electron chi connectivity index (χ3n) is 4.59. The molecule has 8 heteroatoms. The smallest absolute Gasteiger partial charge is 0.357 e. The number of esters is 1. The second-order valence-corrected chi connectivity index (χ2v) is 6.14. The van der Waals surface area contributed by atoms with E-state index in [0.29, 0.717) is 18.3 Å². The van der Waals surface area contributed by atoms with Crippen molar-refractivity contribution in [2.45, 2.75) is 39.2 Å². The van der Waals surface area contributed by atoms with Crippen molar-refractivity contribution in [3.8, 4) is 11.3 Å². The molecule has 1 aliphatic rings. The number of aromatic nitrogens is 4. The van der Waals surface area contributed by atoms with Crippen molar-refractivity contribution in [2.24, 2.45) is 0 Å². The molecule has 7 nitrogen and oxygen atoms in total. The quantitative estimate of drug-likeness (QED) is 0.761. The zero-order chi connectivity index (χ0) is 16.9. The third-order valence-corrected chi connectivity index (χ3v) is 4.59. The van der Waals surface area contributed by atoms with E-state index in [1.54, 1.807) is 19.3 Å². The van der Waals surface area contributed by atoms with Crippen LogP contribution < -0.4 is 0 Å². The Hall–Kier alpha value is -1.86. The van der Waals surface area contributed by atoms with Gasteiger partial charge in [-0.15, -0.1) is 12.4 Å². The summed E-state index contributed by atoms with van der Waals surface area (Å²) in [4.78, 5) is 18.9. The molecule has 25 heavy (non-hydrogen) atoms. The Morgan fingerprint density at radius 2 is 2.08 bits per heavy atom. The first kappa shape index (κ1) is 19.5. The Labute approximate surface area is 154 Å². The van der Waals surface area contributed by atoms with E-state index < -0.39 is 0 Å². The molecule has 1 aliphatic heterocycles. The number of rotatable bonds is 7. The molecule has 1 fully saturated rings. The first-order chi connectivity index (χ1) is 11.7. The lowest BCUT2D eigenvalue weighted by molar-refractivity contribution is 0.0520. The Morgan fingerprint density at radius 1 is 1.32 bits per heavy atom. The third kappa shape index (κ3) is 4.22. The van der Waals surface area contributed by atoms with Crippen molar-refractivity contribution < 1.29 is 9.53 Å². The molecule has 1 N–H and O–H groups in total. The van der Waals surface area contributed by atoms with Crippen LogP contribution in [0.15, 0.2) is 18.7 Å². The molecule has 0 bridgehead atoms. The van der Waals surface area contributed by atoms with Gasteiger partial charge >= 0.3 is 5.97 Å². The molecule has 0 aliphatic carbocycles. The predicted octanol–water partition coefficient (Wildman–Crippen LogP) is 2.92. The Morgan fingerprint density at radius 3 is 2.76 bits per heavy atom. The van der Waals surface area contributed by atoms with E-state index in [1.165, 1.54) is 25.9 Å². The van der Waals surface area contributed by atoms with Gasteiger partial charge in [0.1, 0.15) is 0 Å². The monoisotopic (exact) mass is 367 g/mol. The summed E-state index contributed by atoms with van der Waals surface area (Å²) in [7, 11) is 0. The van der Waals surface area contributed by atoms with Crippen molar-refractivity contribution in [3.63, 3.8) is 0 Å². The zero-order valence-corrected chi connectivity index (χ0v) is 15.6. The molecule has 1 saturated heterocycles. The summed E-state index contributed by atoms with van der Waals surface area (Å²) in [6.45, 7) is 7.66. The second-order valence-electron chi connectivity index (χ2n) is 6.14. The molecule has 3 heterocycles. The van der Waals surface area contributed by atoms with Crippen molar-refractivity contribution in [1.29, 1.82) is 0 Å². The largest absolute Gasteiger partial charge is 0.461 e. The number of H-pyrrole nitrogens is 1. The summed E-state index contributed by atoms with van der Waals surface area (Å²) in [5, 5.41) is 6.79. The number of aromatic amines is 1. The van der Waals surface area contributed by atoms with Gasteiger partial charge in [0.15, 0.2) is 5.69 Å². The van der Waals surface area contributed by atoms with Crippen LogP contribution in [-0.4, -0.2) is 56.9 Å². The molecule has 0 saturated carbocycles. The molecule has 0 radical (unpaired) electrons. The van der Waals surface area contributed by atoms with Crippen LogP contribution in [0.3, 0.4) is 0 Å². The first-order valence-corrected chi connectivity index (χ1v) is 8.69. The fraction of sp³-hybridized carbons (Fsp3) is 0.588. The van der Waals surface area contributed by atoms with Crippen LogP contribution in [0.4, 0.5) is 0 Å². The van der Waals surface area contributed by atoms with Gasteiger partial charge < -0.3 is 14.2 Å². The lowest BCUT2D eigenvalue weighted by atomic mass is 10.1. The van der Waals surface area contributed by atoms with Crippen molar-refractivity contribution in [3.05, 3.63) is 24.4 Å². The highest BCUT2D eigenvalue weighted by Crippen LogP contribution is 2.27. The van der Waals surface area contributed by atoms with Crippen molar-refractivity contribution in [1.82, 2.24) is 24.6 Å². The van der Waals surface area contributed by atoms with Gasteiger partial charge in [-0.3, -0.25) is 5.10 Å². The molecule has 2 aromatic heterocycles. The molecular weight excluding hydrogens is 342 g/mol. The number of halogens is 1. The highest BCUT2D eigenvalue weighted by molar-refractivity contribution is 5.94. The molecule has 2 aromatic rings. The average molecular weight is 368 g/mol. The second kappa shape index (κ2) is 9.01. The number of imidazole rings is 1. The van der Waals surface area contributed by atoms with Crippen LogP contribution in [-0.2, 0) is 4.74 Å². The summed E-state index contributed by atoms with van der Waals surface area (Å²) in [5.74, 6) is -0.384. The van der Waals surface area contributed by atoms with Gasteiger partial charge in [0.25, 0.3) is 0 Å². The van der Waals surface area contributed by atoms with Crippen molar-refractivity contribution in [2.75, 3.05) is 26.2 Å². The molecule has 138 valence electrons. The minimum Gasteiger partial charge on any atom is -0.461 e. The molecule has 1 unspecified atom stereocenters. The topological polar surface area (TPSA) is 76.0 Å². The minimum atomic E-state index is -0.384. The number of nitrogens with one attached hydrogen (secondary N) is 1. The van der Waals surface area contributed by atoms with Gasteiger partial charge in [0, 0.05) is 12.6 Å². The van der Waals surface area contributed by atoms with Gasteiger partial charge in [0.05, 0.1) is 36.6 Å². The van der Waals surface area contributed by atoms with Crippen LogP contribution in [0.1, 0.15) is 49.6 Å².